The number of hydrogen-bond acceptors (Lipinski definition) is 4. The lowest BCUT2D eigenvalue weighted by atomic mass is 10.1. The first-order valence-corrected chi connectivity index (χ1v) is 9.84. The maximum atomic E-state index is 5.36. The molecule has 1 rings (SSSR count). The number of hydrogen-bond donors (Lipinski definition) is 2. The van der Waals surface area contributed by atoms with E-state index in [9.17, 15) is 0 Å². The number of halogens is 1. The lowest BCUT2D eigenvalue weighted by molar-refractivity contribution is 0.178. The maximum absolute atomic E-state index is 5.36. The number of benzene rings is 1. The molecule has 162 valence electrons. The summed E-state index contributed by atoms with van der Waals surface area (Å²) in [6.07, 6.45) is 1.99. The molecule has 6 nitrogen and oxygen atoms in total. The predicted octanol–water partition coefficient (Wildman–Crippen LogP) is 3.54. The molecular formula is C21H39IN4O2. The van der Waals surface area contributed by atoms with Gasteiger partial charge in [0.1, 0.15) is 0 Å². The lowest BCUT2D eigenvalue weighted by Gasteiger charge is -2.30. The summed E-state index contributed by atoms with van der Waals surface area (Å²) in [7, 11) is 5.13. The molecule has 0 aliphatic carbocycles. The first-order valence-electron chi connectivity index (χ1n) is 9.84. The van der Waals surface area contributed by atoms with Crippen LogP contribution in [0.2, 0.25) is 0 Å². The van der Waals surface area contributed by atoms with E-state index in [0.29, 0.717) is 12.1 Å². The molecule has 0 radical (unpaired) electrons. The summed E-state index contributed by atoms with van der Waals surface area (Å²) >= 11 is 0. The van der Waals surface area contributed by atoms with Gasteiger partial charge in [-0.3, -0.25) is 9.89 Å². The summed E-state index contributed by atoms with van der Waals surface area (Å²) in [5, 5.41) is 6.79. The van der Waals surface area contributed by atoms with Crippen LogP contribution in [0.4, 0.5) is 0 Å². The van der Waals surface area contributed by atoms with Crippen LogP contribution in [-0.4, -0.2) is 63.8 Å². The normalized spacial score (nSPS) is 11.6. The number of methoxy groups -OCH3 is 2. The van der Waals surface area contributed by atoms with Crippen LogP contribution in [0.5, 0.6) is 11.5 Å². The summed E-state index contributed by atoms with van der Waals surface area (Å²) in [6.45, 7) is 11.7. The van der Waals surface area contributed by atoms with Crippen molar-refractivity contribution in [2.45, 2.75) is 52.6 Å². The standard InChI is InChI=1S/C21H38N4O2.HI/c1-16(2)25(17(3)4)14-13-24-21(22-5)23-12-8-9-18-10-11-19(26-6)20(15-18)27-7;/h10-11,15-17H,8-9,12-14H2,1-7H3,(H2,22,23,24);1H. The fourth-order valence-corrected chi connectivity index (χ4v) is 3.17. The Labute approximate surface area is 188 Å². The highest BCUT2D eigenvalue weighted by atomic mass is 127. The molecule has 28 heavy (non-hydrogen) atoms. The van der Waals surface area contributed by atoms with Crippen LogP contribution in [-0.2, 0) is 6.42 Å². The van der Waals surface area contributed by atoms with Crippen LogP contribution in [0.3, 0.4) is 0 Å². The average Bonchev–Trinajstić information content (AvgIpc) is 2.65. The molecule has 0 heterocycles. The van der Waals surface area contributed by atoms with E-state index in [0.717, 1.165) is 49.9 Å². The molecule has 0 atom stereocenters. The van der Waals surface area contributed by atoms with Crippen LogP contribution in [0.1, 0.15) is 39.7 Å². The van der Waals surface area contributed by atoms with E-state index >= 15 is 0 Å². The molecule has 0 fully saturated rings. The maximum Gasteiger partial charge on any atom is 0.191 e. The van der Waals surface area contributed by atoms with Gasteiger partial charge in [-0.25, -0.2) is 0 Å². The summed E-state index contributed by atoms with van der Waals surface area (Å²) in [5.41, 5.74) is 1.24. The Bertz CT molecular complexity index is 572. The highest BCUT2D eigenvalue weighted by Crippen LogP contribution is 2.27. The topological polar surface area (TPSA) is 58.1 Å². The highest BCUT2D eigenvalue weighted by Gasteiger charge is 2.12. The molecule has 0 aliphatic heterocycles. The highest BCUT2D eigenvalue weighted by molar-refractivity contribution is 14.0. The molecule has 7 heteroatoms. The van der Waals surface area contributed by atoms with E-state index in [2.05, 4.69) is 54.3 Å². The van der Waals surface area contributed by atoms with Crippen molar-refractivity contribution < 1.29 is 9.47 Å². The number of guanidine groups is 1. The Balaban J connectivity index is 0.00000729. The fraction of sp³-hybridized carbons (Fsp3) is 0.667. The van der Waals surface area contributed by atoms with E-state index in [1.807, 2.05) is 19.2 Å². The van der Waals surface area contributed by atoms with Crippen LogP contribution in [0.25, 0.3) is 0 Å². The second-order valence-corrected chi connectivity index (χ2v) is 7.14. The first-order chi connectivity index (χ1) is 12.9. The molecule has 1 aromatic carbocycles. The minimum absolute atomic E-state index is 0. The number of nitrogens with zero attached hydrogens (tertiary/aromatic N) is 2. The van der Waals surface area contributed by atoms with Gasteiger partial charge >= 0.3 is 0 Å². The van der Waals surface area contributed by atoms with Gasteiger partial charge in [-0.2, -0.15) is 0 Å². The number of aliphatic imine (C=N–C) groups is 1. The third kappa shape index (κ3) is 9.32. The van der Waals surface area contributed by atoms with Gasteiger partial charge in [0.05, 0.1) is 14.2 Å². The molecule has 2 N–H and O–H groups in total. The number of ether oxygens (including phenoxy) is 2. The number of rotatable bonds is 11. The van der Waals surface area contributed by atoms with Gasteiger partial charge in [-0.05, 0) is 58.2 Å². The molecule has 0 bridgehead atoms. The largest absolute Gasteiger partial charge is 0.493 e. The number of nitrogens with one attached hydrogen (secondary N) is 2. The van der Waals surface area contributed by atoms with E-state index in [1.165, 1.54) is 5.56 Å². The van der Waals surface area contributed by atoms with Gasteiger partial charge in [-0.15, -0.1) is 24.0 Å². The van der Waals surface area contributed by atoms with Gasteiger partial charge in [0.25, 0.3) is 0 Å². The molecule has 0 amide bonds. The van der Waals surface area contributed by atoms with Crippen LogP contribution in [0, 0.1) is 0 Å². The van der Waals surface area contributed by atoms with Gasteiger partial charge in [-0.1, -0.05) is 6.07 Å². The van der Waals surface area contributed by atoms with E-state index in [4.69, 9.17) is 9.47 Å². The SMILES string of the molecule is CN=C(NCCCc1ccc(OC)c(OC)c1)NCCN(C(C)C)C(C)C.I. The van der Waals surface area contributed by atoms with E-state index < -0.39 is 0 Å². The molecule has 0 saturated carbocycles. The van der Waals surface area contributed by atoms with E-state index in [-0.39, 0.29) is 24.0 Å². The van der Waals surface area contributed by atoms with Crippen molar-refractivity contribution >= 4 is 29.9 Å². The zero-order chi connectivity index (χ0) is 20.2. The lowest BCUT2D eigenvalue weighted by Crippen LogP contribution is -2.45. The van der Waals surface area contributed by atoms with Crippen molar-refractivity contribution in [3.05, 3.63) is 23.8 Å². The smallest absolute Gasteiger partial charge is 0.191 e. The van der Waals surface area contributed by atoms with E-state index in [1.54, 1.807) is 14.2 Å². The number of aryl methyl sites for hydroxylation is 1. The molecular weight excluding hydrogens is 467 g/mol. The Morgan fingerprint density at radius 1 is 1.00 bits per heavy atom. The molecule has 1 aromatic rings. The Morgan fingerprint density at radius 3 is 2.14 bits per heavy atom. The van der Waals surface area contributed by atoms with Crippen molar-refractivity contribution in [3.8, 4) is 11.5 Å². The fourth-order valence-electron chi connectivity index (χ4n) is 3.17. The minimum atomic E-state index is 0. The quantitative estimate of drug-likeness (QED) is 0.208. The Hall–Kier alpha value is -1.22. The second kappa shape index (κ2) is 14.7. The zero-order valence-corrected chi connectivity index (χ0v) is 20.9. The monoisotopic (exact) mass is 506 g/mol. The first kappa shape index (κ1) is 26.8. The van der Waals surface area contributed by atoms with Gasteiger partial charge < -0.3 is 20.1 Å². The van der Waals surface area contributed by atoms with Crippen molar-refractivity contribution in [3.63, 3.8) is 0 Å². The Morgan fingerprint density at radius 2 is 1.61 bits per heavy atom. The summed E-state index contributed by atoms with van der Waals surface area (Å²) in [5.74, 6) is 2.40. The Kier molecular flexibility index (Phi) is 14.1. The van der Waals surface area contributed by atoms with Gasteiger partial charge in [0, 0.05) is 38.8 Å². The molecule has 0 spiro atoms. The van der Waals surface area contributed by atoms with Crippen molar-refractivity contribution in [2.75, 3.05) is 40.9 Å². The average molecular weight is 506 g/mol. The third-order valence-electron chi connectivity index (χ3n) is 4.60. The molecule has 0 aliphatic rings. The second-order valence-electron chi connectivity index (χ2n) is 7.14. The third-order valence-corrected chi connectivity index (χ3v) is 4.60. The van der Waals surface area contributed by atoms with Crippen LogP contribution < -0.4 is 20.1 Å². The summed E-state index contributed by atoms with van der Waals surface area (Å²) in [6, 6.07) is 7.17. The molecule has 0 saturated heterocycles. The van der Waals surface area contributed by atoms with Crippen molar-refractivity contribution in [1.82, 2.24) is 15.5 Å². The molecule has 0 unspecified atom stereocenters. The predicted molar refractivity (Wildman–Crippen MR) is 130 cm³/mol. The van der Waals surface area contributed by atoms with Crippen LogP contribution >= 0.6 is 24.0 Å². The minimum Gasteiger partial charge on any atom is -0.493 e. The molecule has 0 aromatic heterocycles. The van der Waals surface area contributed by atoms with Gasteiger partial charge in [0.2, 0.25) is 0 Å². The van der Waals surface area contributed by atoms with Gasteiger partial charge in [0.15, 0.2) is 17.5 Å². The zero-order valence-electron chi connectivity index (χ0n) is 18.5. The van der Waals surface area contributed by atoms with Crippen molar-refractivity contribution in [2.24, 2.45) is 4.99 Å². The van der Waals surface area contributed by atoms with Crippen molar-refractivity contribution in [1.29, 1.82) is 0 Å². The van der Waals surface area contributed by atoms with Crippen LogP contribution in [0.15, 0.2) is 23.2 Å². The summed E-state index contributed by atoms with van der Waals surface area (Å²) < 4.78 is 10.6. The summed E-state index contributed by atoms with van der Waals surface area (Å²) in [4.78, 5) is 6.78.